The lowest BCUT2D eigenvalue weighted by molar-refractivity contribution is -0.125. The molecule has 1 amide bonds. The second-order valence-electron chi connectivity index (χ2n) is 8.29. The zero-order chi connectivity index (χ0) is 23.5. The molecular weight excluding hydrogens is 468 g/mol. The van der Waals surface area contributed by atoms with Crippen molar-refractivity contribution in [2.45, 2.75) is 19.3 Å². The van der Waals surface area contributed by atoms with Crippen molar-refractivity contribution in [2.24, 2.45) is 5.92 Å². The number of benzene rings is 1. The van der Waals surface area contributed by atoms with E-state index in [1.54, 1.807) is 23.0 Å². The van der Waals surface area contributed by atoms with Gasteiger partial charge in [0.05, 0.1) is 24.2 Å². The Kier molecular flexibility index (Phi) is 6.64. The molecule has 0 aliphatic carbocycles. The highest BCUT2D eigenvalue weighted by molar-refractivity contribution is 7.17. The summed E-state index contributed by atoms with van der Waals surface area (Å²) >= 11 is 3.10. The maximum atomic E-state index is 13.5. The van der Waals surface area contributed by atoms with E-state index in [4.69, 9.17) is 9.72 Å². The number of nitrogens with one attached hydrogen (secondary N) is 1. The third-order valence-corrected chi connectivity index (χ3v) is 7.93. The Morgan fingerprint density at radius 2 is 2.12 bits per heavy atom. The number of aromatic nitrogens is 2. The molecule has 7 nitrogen and oxygen atoms in total. The normalized spacial score (nSPS) is 16.0. The summed E-state index contributed by atoms with van der Waals surface area (Å²) in [6, 6.07) is 13.4. The number of methoxy groups -OCH3 is 1. The number of carbonyl (C=O) groups excluding carboxylic acids is 1. The van der Waals surface area contributed by atoms with Crippen LogP contribution in [-0.2, 0) is 11.2 Å². The maximum Gasteiger partial charge on any atom is 0.277 e. The molecule has 0 saturated carbocycles. The Labute approximate surface area is 205 Å². The van der Waals surface area contributed by atoms with Gasteiger partial charge in [0, 0.05) is 30.6 Å². The molecule has 0 spiro atoms. The third kappa shape index (κ3) is 4.58. The Bertz CT molecular complexity index is 1350. The average Bonchev–Trinajstić information content (AvgIpc) is 3.56. The molecule has 1 aliphatic heterocycles. The molecule has 0 radical (unpaired) electrons. The van der Waals surface area contributed by atoms with E-state index in [1.807, 2.05) is 41.8 Å². The van der Waals surface area contributed by atoms with Gasteiger partial charge in [0.1, 0.15) is 10.4 Å². The first-order chi connectivity index (χ1) is 16.6. The van der Waals surface area contributed by atoms with Crippen molar-refractivity contribution in [1.29, 1.82) is 0 Å². The maximum absolute atomic E-state index is 13.5. The smallest absolute Gasteiger partial charge is 0.277 e. The van der Waals surface area contributed by atoms with Gasteiger partial charge in [-0.1, -0.05) is 12.1 Å². The number of rotatable bonds is 7. The van der Waals surface area contributed by atoms with E-state index in [-0.39, 0.29) is 17.4 Å². The van der Waals surface area contributed by atoms with Gasteiger partial charge in [0.15, 0.2) is 0 Å². The van der Waals surface area contributed by atoms with E-state index < -0.39 is 0 Å². The van der Waals surface area contributed by atoms with Crippen LogP contribution in [0.3, 0.4) is 0 Å². The molecular formula is C25H26N4O3S2. The molecule has 176 valence electrons. The van der Waals surface area contributed by atoms with Gasteiger partial charge in [0.2, 0.25) is 11.9 Å². The van der Waals surface area contributed by atoms with E-state index in [9.17, 15) is 9.59 Å². The minimum atomic E-state index is -0.147. The number of amides is 1. The summed E-state index contributed by atoms with van der Waals surface area (Å²) in [5.41, 5.74) is 1.28. The summed E-state index contributed by atoms with van der Waals surface area (Å²) in [4.78, 5) is 34.7. The predicted molar refractivity (Wildman–Crippen MR) is 138 cm³/mol. The summed E-state index contributed by atoms with van der Waals surface area (Å²) in [7, 11) is 1.61. The highest BCUT2D eigenvalue weighted by atomic mass is 32.1. The first kappa shape index (κ1) is 22.6. The average molecular weight is 495 g/mol. The van der Waals surface area contributed by atoms with E-state index in [1.165, 1.54) is 16.2 Å². The van der Waals surface area contributed by atoms with Gasteiger partial charge < -0.3 is 15.0 Å². The Balaban J connectivity index is 1.42. The van der Waals surface area contributed by atoms with Crippen molar-refractivity contribution in [3.63, 3.8) is 0 Å². The monoisotopic (exact) mass is 494 g/mol. The summed E-state index contributed by atoms with van der Waals surface area (Å²) in [5.74, 6) is 1.16. The molecule has 0 unspecified atom stereocenters. The van der Waals surface area contributed by atoms with Gasteiger partial charge in [-0.05, 0) is 54.3 Å². The van der Waals surface area contributed by atoms with E-state index in [0.29, 0.717) is 40.7 Å². The van der Waals surface area contributed by atoms with Crippen LogP contribution < -0.4 is 20.5 Å². The lowest BCUT2D eigenvalue weighted by Gasteiger charge is -2.34. The van der Waals surface area contributed by atoms with Crippen molar-refractivity contribution in [3.05, 3.63) is 68.5 Å². The van der Waals surface area contributed by atoms with Crippen LogP contribution in [0.2, 0.25) is 0 Å². The number of hydrogen-bond acceptors (Lipinski definition) is 7. The van der Waals surface area contributed by atoms with Crippen LogP contribution in [0, 0.1) is 5.92 Å². The van der Waals surface area contributed by atoms with Crippen molar-refractivity contribution >= 4 is 44.7 Å². The molecule has 1 N–H and O–H groups in total. The Morgan fingerprint density at radius 1 is 1.21 bits per heavy atom. The van der Waals surface area contributed by atoms with Gasteiger partial charge in [-0.3, -0.25) is 9.59 Å². The molecule has 4 aromatic rings. The highest BCUT2D eigenvalue weighted by Gasteiger charge is 2.29. The largest absolute Gasteiger partial charge is 0.497 e. The summed E-state index contributed by atoms with van der Waals surface area (Å²) in [5, 5.41) is 7.04. The standard InChI is InChI=1S/C25H26N4O3S2/c1-32-19-7-2-6-18(15-19)29-24(31)22-21(10-14-34-22)27-25(29)28-12-3-5-17(16-28)23(30)26-11-9-20-8-4-13-33-20/h2,4,6-8,10,13-15,17H,3,5,9,11-12,16H2,1H3,(H,26,30)/t17-/m0/s1. The number of fused-ring (bicyclic) bond motifs is 1. The van der Waals surface area contributed by atoms with Crippen LogP contribution in [0.25, 0.3) is 15.9 Å². The summed E-state index contributed by atoms with van der Waals surface area (Å²) < 4.78 is 7.66. The van der Waals surface area contributed by atoms with Gasteiger partial charge in [0.25, 0.3) is 5.56 Å². The first-order valence-corrected chi connectivity index (χ1v) is 13.1. The van der Waals surface area contributed by atoms with E-state index in [2.05, 4.69) is 21.7 Å². The third-order valence-electron chi connectivity index (χ3n) is 6.10. The molecule has 1 atom stereocenters. The van der Waals surface area contributed by atoms with E-state index in [0.717, 1.165) is 25.8 Å². The van der Waals surface area contributed by atoms with Crippen molar-refractivity contribution < 1.29 is 9.53 Å². The molecule has 9 heteroatoms. The predicted octanol–water partition coefficient (Wildman–Crippen LogP) is 4.09. The fourth-order valence-electron chi connectivity index (χ4n) is 4.38. The molecule has 1 aliphatic rings. The second-order valence-corrected chi connectivity index (χ2v) is 10.2. The van der Waals surface area contributed by atoms with Gasteiger partial charge >= 0.3 is 0 Å². The minimum absolute atomic E-state index is 0.0631. The van der Waals surface area contributed by atoms with Crippen molar-refractivity contribution in [3.8, 4) is 11.4 Å². The molecule has 3 aromatic heterocycles. The van der Waals surface area contributed by atoms with Crippen molar-refractivity contribution in [1.82, 2.24) is 14.9 Å². The van der Waals surface area contributed by atoms with Crippen LogP contribution in [-0.4, -0.2) is 42.2 Å². The number of thiophene rings is 2. The van der Waals surface area contributed by atoms with Gasteiger partial charge in [-0.15, -0.1) is 22.7 Å². The number of nitrogens with zero attached hydrogens (tertiary/aromatic N) is 3. The first-order valence-electron chi connectivity index (χ1n) is 11.3. The minimum Gasteiger partial charge on any atom is -0.497 e. The quantitative estimate of drug-likeness (QED) is 0.419. The molecule has 4 heterocycles. The lowest BCUT2D eigenvalue weighted by atomic mass is 9.97. The molecule has 1 aromatic carbocycles. The van der Waals surface area contributed by atoms with Crippen LogP contribution in [0.5, 0.6) is 5.75 Å². The molecule has 1 saturated heterocycles. The summed E-state index contributed by atoms with van der Waals surface area (Å²) in [6.45, 7) is 1.89. The van der Waals surface area contributed by atoms with Crippen LogP contribution in [0.4, 0.5) is 5.95 Å². The highest BCUT2D eigenvalue weighted by Crippen LogP contribution is 2.27. The number of anilines is 1. The number of carbonyl (C=O) groups is 1. The summed E-state index contributed by atoms with van der Waals surface area (Å²) in [6.07, 6.45) is 2.52. The number of ether oxygens (including phenoxy) is 1. The zero-order valence-corrected chi connectivity index (χ0v) is 20.5. The SMILES string of the molecule is COc1cccc(-n2c(N3CCC[C@H](C(=O)NCCc4cccs4)C3)nc3ccsc3c2=O)c1. The van der Waals surface area contributed by atoms with E-state index >= 15 is 0 Å². The lowest BCUT2D eigenvalue weighted by Crippen LogP contribution is -2.45. The molecule has 1 fully saturated rings. The fraction of sp³-hybridized carbons (Fsp3) is 0.320. The molecule has 0 bridgehead atoms. The second kappa shape index (κ2) is 9.99. The topological polar surface area (TPSA) is 76.5 Å². The molecule has 34 heavy (non-hydrogen) atoms. The van der Waals surface area contributed by atoms with Crippen molar-refractivity contribution in [2.75, 3.05) is 31.6 Å². The molecule has 5 rings (SSSR count). The van der Waals surface area contributed by atoms with Crippen LogP contribution in [0.15, 0.2) is 58.0 Å². The fourth-order valence-corrected chi connectivity index (χ4v) is 5.84. The zero-order valence-electron chi connectivity index (χ0n) is 18.9. The van der Waals surface area contributed by atoms with Gasteiger partial charge in [-0.25, -0.2) is 9.55 Å². The number of hydrogen-bond donors (Lipinski definition) is 1. The number of piperidine rings is 1. The van der Waals surface area contributed by atoms with Crippen LogP contribution >= 0.6 is 22.7 Å². The van der Waals surface area contributed by atoms with Crippen LogP contribution in [0.1, 0.15) is 17.7 Å². The Morgan fingerprint density at radius 3 is 2.94 bits per heavy atom. The van der Waals surface area contributed by atoms with Gasteiger partial charge in [-0.2, -0.15) is 0 Å². The Hall–Kier alpha value is -3.17.